The Kier molecular flexibility index (Phi) is 7.30. The predicted molar refractivity (Wildman–Crippen MR) is 118 cm³/mol. The molecule has 29 heavy (non-hydrogen) atoms. The van der Waals surface area contributed by atoms with E-state index in [-0.39, 0.29) is 16.7 Å². The third-order valence-corrected chi connectivity index (χ3v) is 8.89. The van der Waals surface area contributed by atoms with E-state index in [1.54, 1.807) is 46.8 Å². The lowest BCUT2D eigenvalue weighted by atomic mass is 10.0. The topological polar surface area (TPSA) is 80.3 Å². The van der Waals surface area contributed by atoms with Gasteiger partial charge in [0.05, 0.1) is 15.4 Å². The Hall–Kier alpha value is -1.70. The SMILES string of the molecule is CC(C)NS(=O)(=O)c1ccc(CCc2ccc(CS(=O)(=O)C(C)(C)C)cc2)cc1. The van der Waals surface area contributed by atoms with Gasteiger partial charge in [0.1, 0.15) is 0 Å². The highest BCUT2D eigenvalue weighted by Gasteiger charge is 2.28. The van der Waals surface area contributed by atoms with Gasteiger partial charge in [-0.25, -0.2) is 21.6 Å². The Morgan fingerprint density at radius 1 is 0.759 bits per heavy atom. The standard InChI is InChI=1S/C22H31NO4S2/c1-17(2)23-29(26,27)21-14-12-19(13-15-21)7-6-18-8-10-20(11-9-18)16-28(24,25)22(3,4)5/h8-15,17,23H,6-7,16H2,1-5H3. The minimum atomic E-state index is -3.47. The molecule has 0 atom stereocenters. The summed E-state index contributed by atoms with van der Waals surface area (Å²) in [6, 6.07) is 14.4. The van der Waals surface area contributed by atoms with E-state index in [0.717, 1.165) is 29.5 Å². The van der Waals surface area contributed by atoms with Gasteiger partial charge in [-0.3, -0.25) is 0 Å². The van der Waals surface area contributed by atoms with Crippen LogP contribution in [0.15, 0.2) is 53.4 Å². The van der Waals surface area contributed by atoms with Crippen LogP contribution in [-0.2, 0) is 38.5 Å². The lowest BCUT2D eigenvalue weighted by Crippen LogP contribution is -2.30. The van der Waals surface area contributed by atoms with E-state index in [1.807, 2.05) is 36.4 Å². The van der Waals surface area contributed by atoms with Crippen LogP contribution in [-0.4, -0.2) is 27.6 Å². The molecular formula is C22H31NO4S2. The van der Waals surface area contributed by atoms with E-state index in [4.69, 9.17) is 0 Å². The molecule has 0 spiro atoms. The fourth-order valence-corrected chi connectivity index (χ4v) is 5.06. The lowest BCUT2D eigenvalue weighted by molar-refractivity contribution is 0.559. The minimum Gasteiger partial charge on any atom is -0.228 e. The first-order chi connectivity index (χ1) is 13.3. The van der Waals surface area contributed by atoms with Gasteiger partial charge in [-0.1, -0.05) is 36.4 Å². The molecule has 0 heterocycles. The van der Waals surface area contributed by atoms with Gasteiger partial charge in [-0.2, -0.15) is 0 Å². The summed E-state index contributed by atoms with van der Waals surface area (Å²) in [6.07, 6.45) is 1.57. The van der Waals surface area contributed by atoms with Crippen molar-refractivity contribution < 1.29 is 16.8 Å². The summed E-state index contributed by atoms with van der Waals surface area (Å²) >= 11 is 0. The summed E-state index contributed by atoms with van der Waals surface area (Å²) in [5, 5.41) is 0. The molecular weight excluding hydrogens is 406 g/mol. The van der Waals surface area contributed by atoms with Crippen LogP contribution in [0.2, 0.25) is 0 Å². The molecule has 0 aromatic heterocycles. The maximum absolute atomic E-state index is 12.3. The van der Waals surface area contributed by atoms with Crippen LogP contribution in [0.1, 0.15) is 51.3 Å². The molecule has 0 aliphatic rings. The molecule has 2 aromatic rings. The van der Waals surface area contributed by atoms with E-state index < -0.39 is 24.6 Å². The third-order valence-electron chi connectivity index (χ3n) is 4.64. The molecule has 0 fully saturated rings. The van der Waals surface area contributed by atoms with Crippen molar-refractivity contribution in [3.63, 3.8) is 0 Å². The summed E-state index contributed by atoms with van der Waals surface area (Å²) in [5.41, 5.74) is 2.95. The van der Waals surface area contributed by atoms with Crippen molar-refractivity contribution in [2.75, 3.05) is 0 Å². The van der Waals surface area contributed by atoms with E-state index >= 15 is 0 Å². The molecule has 2 aromatic carbocycles. The highest BCUT2D eigenvalue weighted by molar-refractivity contribution is 7.92. The Balaban J connectivity index is 1.99. The Morgan fingerprint density at radius 2 is 1.17 bits per heavy atom. The lowest BCUT2D eigenvalue weighted by Gasteiger charge is -2.19. The van der Waals surface area contributed by atoms with E-state index in [0.29, 0.717) is 0 Å². The second-order valence-electron chi connectivity index (χ2n) is 8.61. The van der Waals surface area contributed by atoms with Gasteiger partial charge in [-0.05, 0) is 76.3 Å². The molecule has 0 saturated heterocycles. The van der Waals surface area contributed by atoms with Crippen molar-refractivity contribution in [3.8, 4) is 0 Å². The molecule has 5 nitrogen and oxygen atoms in total. The zero-order valence-corrected chi connectivity index (χ0v) is 19.4. The minimum absolute atomic E-state index is 0.0388. The van der Waals surface area contributed by atoms with E-state index in [2.05, 4.69) is 4.72 Å². The summed E-state index contributed by atoms with van der Waals surface area (Å²) in [6.45, 7) is 8.72. The molecule has 0 unspecified atom stereocenters. The van der Waals surface area contributed by atoms with Crippen LogP contribution in [0.3, 0.4) is 0 Å². The summed E-state index contributed by atoms with van der Waals surface area (Å²) in [5.74, 6) is 0.0388. The van der Waals surface area contributed by atoms with Crippen LogP contribution in [0, 0.1) is 0 Å². The molecule has 0 bridgehead atoms. The molecule has 160 valence electrons. The van der Waals surface area contributed by atoms with Gasteiger partial charge in [0.2, 0.25) is 10.0 Å². The van der Waals surface area contributed by atoms with Crippen LogP contribution in [0.5, 0.6) is 0 Å². The van der Waals surface area contributed by atoms with Crippen LogP contribution in [0.25, 0.3) is 0 Å². The van der Waals surface area contributed by atoms with Crippen molar-refractivity contribution >= 4 is 19.9 Å². The van der Waals surface area contributed by atoms with Gasteiger partial charge in [0.25, 0.3) is 0 Å². The highest BCUT2D eigenvalue weighted by Crippen LogP contribution is 2.21. The van der Waals surface area contributed by atoms with Crippen molar-refractivity contribution in [1.29, 1.82) is 0 Å². The fourth-order valence-electron chi connectivity index (χ4n) is 2.74. The molecule has 0 saturated carbocycles. The maximum atomic E-state index is 12.3. The average molecular weight is 438 g/mol. The van der Waals surface area contributed by atoms with Crippen molar-refractivity contribution in [2.24, 2.45) is 0 Å². The first-order valence-corrected chi connectivity index (χ1v) is 12.8. The fraction of sp³-hybridized carbons (Fsp3) is 0.455. The number of rotatable bonds is 8. The molecule has 2 rings (SSSR count). The van der Waals surface area contributed by atoms with Crippen molar-refractivity contribution in [1.82, 2.24) is 4.72 Å². The Labute approximate surface area is 175 Å². The first kappa shape index (κ1) is 23.6. The Bertz CT molecular complexity index is 1020. The van der Waals surface area contributed by atoms with Gasteiger partial charge in [-0.15, -0.1) is 0 Å². The monoisotopic (exact) mass is 437 g/mol. The quantitative estimate of drug-likeness (QED) is 0.680. The average Bonchev–Trinajstić information content (AvgIpc) is 2.59. The number of hydrogen-bond donors (Lipinski definition) is 1. The zero-order valence-electron chi connectivity index (χ0n) is 17.8. The Morgan fingerprint density at radius 3 is 1.59 bits per heavy atom. The van der Waals surface area contributed by atoms with Gasteiger partial charge in [0.15, 0.2) is 9.84 Å². The van der Waals surface area contributed by atoms with Crippen LogP contribution in [0.4, 0.5) is 0 Å². The second-order valence-corrected chi connectivity index (χ2v) is 13.1. The number of hydrogen-bond acceptors (Lipinski definition) is 4. The molecule has 1 N–H and O–H groups in total. The molecule has 7 heteroatoms. The van der Waals surface area contributed by atoms with Gasteiger partial charge in [0, 0.05) is 6.04 Å². The second kappa shape index (κ2) is 8.98. The van der Waals surface area contributed by atoms with Crippen LogP contribution >= 0.6 is 0 Å². The summed E-state index contributed by atoms with van der Waals surface area (Å²) in [4.78, 5) is 0.263. The number of sulfone groups is 1. The normalized spacial score (nSPS) is 13.0. The molecule has 0 amide bonds. The maximum Gasteiger partial charge on any atom is 0.240 e. The third kappa shape index (κ3) is 6.66. The predicted octanol–water partition coefficient (Wildman–Crippen LogP) is 3.87. The molecule has 0 aliphatic carbocycles. The number of aryl methyl sites for hydroxylation is 2. The highest BCUT2D eigenvalue weighted by atomic mass is 32.2. The smallest absolute Gasteiger partial charge is 0.228 e. The van der Waals surface area contributed by atoms with Gasteiger partial charge < -0.3 is 0 Å². The van der Waals surface area contributed by atoms with E-state index in [1.165, 1.54) is 0 Å². The van der Waals surface area contributed by atoms with Crippen LogP contribution < -0.4 is 4.72 Å². The van der Waals surface area contributed by atoms with Crippen molar-refractivity contribution in [2.45, 2.75) is 68.9 Å². The largest absolute Gasteiger partial charge is 0.240 e. The number of benzene rings is 2. The number of nitrogens with one attached hydrogen (secondary N) is 1. The van der Waals surface area contributed by atoms with E-state index in [9.17, 15) is 16.8 Å². The van der Waals surface area contributed by atoms with Gasteiger partial charge >= 0.3 is 0 Å². The summed E-state index contributed by atoms with van der Waals surface area (Å²) in [7, 11) is -6.67. The van der Waals surface area contributed by atoms with Crippen molar-refractivity contribution in [3.05, 3.63) is 65.2 Å². The molecule has 0 radical (unpaired) electrons. The zero-order chi connectivity index (χ0) is 21.9. The summed E-state index contributed by atoms with van der Waals surface area (Å²) < 4.78 is 50.8. The number of sulfonamides is 1. The first-order valence-electron chi connectivity index (χ1n) is 9.71. The molecule has 0 aliphatic heterocycles.